The van der Waals surface area contributed by atoms with E-state index < -0.39 is 0 Å². The molecule has 49 heavy (non-hydrogen) atoms. The molecule has 9 aromatic rings. The standard InChI is InChI=1S/C46H31NOS/c1-3-10-32(11-4-1)34-18-24-37(25-19-34)47(38-26-20-35(21-27-38)33-12-5-2-6-13-33)39-28-22-36(23-29-39)44-30-31-45(49-44)42-16-9-15-41-40-14-7-8-17-43(40)48-46(41)42/h1-31H. The Hall–Kier alpha value is -6.16. The van der Waals surface area contributed by atoms with E-state index in [9.17, 15) is 0 Å². The molecule has 2 heterocycles. The molecule has 0 fully saturated rings. The Morgan fingerprint density at radius 3 is 1.41 bits per heavy atom. The molecule has 7 aromatic carbocycles. The van der Waals surface area contributed by atoms with E-state index in [1.165, 1.54) is 37.6 Å². The minimum absolute atomic E-state index is 0.922. The van der Waals surface area contributed by atoms with Crippen LogP contribution < -0.4 is 4.90 Å². The van der Waals surface area contributed by atoms with Gasteiger partial charge in [-0.1, -0.05) is 127 Å². The van der Waals surface area contributed by atoms with Crippen LogP contribution in [0.15, 0.2) is 192 Å². The van der Waals surface area contributed by atoms with E-state index in [0.717, 1.165) is 44.6 Å². The Kier molecular flexibility index (Phi) is 7.38. The third-order valence-corrected chi connectivity index (χ3v) is 10.3. The van der Waals surface area contributed by atoms with Crippen molar-refractivity contribution in [3.63, 3.8) is 0 Å². The summed E-state index contributed by atoms with van der Waals surface area (Å²) in [5.41, 5.74) is 12.3. The van der Waals surface area contributed by atoms with Gasteiger partial charge in [-0.25, -0.2) is 0 Å². The van der Waals surface area contributed by atoms with Crippen molar-refractivity contribution >= 4 is 50.3 Å². The number of hydrogen-bond acceptors (Lipinski definition) is 3. The zero-order chi connectivity index (χ0) is 32.6. The molecule has 3 heteroatoms. The van der Waals surface area contributed by atoms with Gasteiger partial charge in [0.05, 0.1) is 0 Å². The normalized spacial score (nSPS) is 11.3. The highest BCUT2D eigenvalue weighted by atomic mass is 32.1. The maximum Gasteiger partial charge on any atom is 0.144 e. The molecule has 232 valence electrons. The monoisotopic (exact) mass is 645 g/mol. The second-order valence-electron chi connectivity index (χ2n) is 12.2. The number of benzene rings is 7. The van der Waals surface area contributed by atoms with Crippen molar-refractivity contribution in [3.05, 3.63) is 188 Å². The van der Waals surface area contributed by atoms with Crippen LogP contribution in [-0.2, 0) is 0 Å². The summed E-state index contributed by atoms with van der Waals surface area (Å²) in [5, 5.41) is 2.31. The quantitative estimate of drug-likeness (QED) is 0.171. The van der Waals surface area contributed by atoms with Crippen LogP contribution in [-0.4, -0.2) is 0 Å². The molecule has 0 unspecified atom stereocenters. The Bertz CT molecular complexity index is 2430. The van der Waals surface area contributed by atoms with Crippen molar-refractivity contribution in [2.45, 2.75) is 0 Å². The van der Waals surface area contributed by atoms with Crippen molar-refractivity contribution in [3.8, 4) is 43.1 Å². The fourth-order valence-corrected chi connectivity index (χ4v) is 7.70. The predicted octanol–water partition coefficient (Wildman–Crippen LogP) is 13.8. The highest BCUT2D eigenvalue weighted by Crippen LogP contribution is 2.42. The number of nitrogens with zero attached hydrogens (tertiary/aromatic N) is 1. The van der Waals surface area contributed by atoms with Gasteiger partial charge in [0.25, 0.3) is 0 Å². The third-order valence-electron chi connectivity index (χ3n) is 9.15. The molecule has 0 spiro atoms. The lowest BCUT2D eigenvalue weighted by molar-refractivity contribution is 0.670. The van der Waals surface area contributed by atoms with Gasteiger partial charge in [-0.05, 0) is 88.5 Å². The first-order valence-corrected chi connectivity index (χ1v) is 17.3. The van der Waals surface area contributed by atoms with E-state index in [2.05, 4.69) is 181 Å². The van der Waals surface area contributed by atoms with Gasteiger partial charge in [0.15, 0.2) is 0 Å². The Labute approximate surface area is 289 Å². The van der Waals surface area contributed by atoms with Crippen molar-refractivity contribution < 1.29 is 4.42 Å². The average Bonchev–Trinajstić information content (AvgIpc) is 3.82. The summed E-state index contributed by atoms with van der Waals surface area (Å²) >= 11 is 1.80. The van der Waals surface area contributed by atoms with Gasteiger partial charge < -0.3 is 9.32 Å². The number of rotatable bonds is 7. The van der Waals surface area contributed by atoms with E-state index >= 15 is 0 Å². The zero-order valence-electron chi connectivity index (χ0n) is 26.7. The fourth-order valence-electron chi connectivity index (χ4n) is 6.67. The molecule has 0 atom stereocenters. The van der Waals surface area contributed by atoms with Gasteiger partial charge in [0.2, 0.25) is 0 Å². The van der Waals surface area contributed by atoms with E-state index in [-0.39, 0.29) is 0 Å². The molecular weight excluding hydrogens is 615 g/mol. The lowest BCUT2D eigenvalue weighted by Crippen LogP contribution is -2.09. The van der Waals surface area contributed by atoms with E-state index in [4.69, 9.17) is 4.42 Å². The van der Waals surface area contributed by atoms with Gasteiger partial charge >= 0.3 is 0 Å². The van der Waals surface area contributed by atoms with Crippen LogP contribution in [0, 0.1) is 0 Å². The number of hydrogen-bond donors (Lipinski definition) is 0. The second kappa shape index (κ2) is 12.5. The van der Waals surface area contributed by atoms with Crippen LogP contribution in [0.25, 0.3) is 65.1 Å². The average molecular weight is 646 g/mol. The highest BCUT2D eigenvalue weighted by molar-refractivity contribution is 7.18. The van der Waals surface area contributed by atoms with Gasteiger partial charge in [-0.15, -0.1) is 11.3 Å². The number of para-hydroxylation sites is 2. The molecule has 0 bridgehead atoms. The minimum Gasteiger partial charge on any atom is -0.455 e. The van der Waals surface area contributed by atoms with Crippen molar-refractivity contribution in [1.29, 1.82) is 0 Å². The molecule has 2 nitrogen and oxygen atoms in total. The summed E-state index contributed by atoms with van der Waals surface area (Å²) in [7, 11) is 0. The molecule has 2 aromatic heterocycles. The molecule has 0 aliphatic rings. The fraction of sp³-hybridized carbons (Fsp3) is 0. The van der Waals surface area contributed by atoms with Gasteiger partial charge in [-0.3, -0.25) is 0 Å². The highest BCUT2D eigenvalue weighted by Gasteiger charge is 2.16. The van der Waals surface area contributed by atoms with Crippen LogP contribution in [0.5, 0.6) is 0 Å². The zero-order valence-corrected chi connectivity index (χ0v) is 27.5. The maximum atomic E-state index is 6.35. The van der Waals surface area contributed by atoms with Crippen molar-refractivity contribution in [2.24, 2.45) is 0 Å². The molecule has 0 aliphatic carbocycles. The minimum atomic E-state index is 0.922. The summed E-state index contributed by atoms with van der Waals surface area (Å²) in [6.45, 7) is 0. The Morgan fingerprint density at radius 2 is 0.816 bits per heavy atom. The number of fused-ring (bicyclic) bond motifs is 3. The van der Waals surface area contributed by atoms with E-state index in [1.54, 1.807) is 11.3 Å². The van der Waals surface area contributed by atoms with Crippen LogP contribution in [0.3, 0.4) is 0 Å². The SMILES string of the molecule is c1ccc(-c2ccc(N(c3ccc(-c4ccccc4)cc3)c3ccc(-c4ccc(-c5cccc6c5oc5ccccc56)s4)cc3)cc2)cc1. The summed E-state index contributed by atoms with van der Waals surface area (Å²) < 4.78 is 6.35. The molecule has 0 radical (unpaired) electrons. The lowest BCUT2D eigenvalue weighted by atomic mass is 10.0. The molecule has 0 saturated carbocycles. The van der Waals surface area contributed by atoms with Crippen molar-refractivity contribution in [2.75, 3.05) is 4.90 Å². The molecule has 0 amide bonds. The van der Waals surface area contributed by atoms with Crippen molar-refractivity contribution in [1.82, 2.24) is 0 Å². The summed E-state index contributed by atoms with van der Waals surface area (Å²) in [5.74, 6) is 0. The van der Waals surface area contributed by atoms with Crippen LogP contribution in [0.2, 0.25) is 0 Å². The second-order valence-corrected chi connectivity index (χ2v) is 13.2. The lowest BCUT2D eigenvalue weighted by Gasteiger charge is -2.26. The largest absolute Gasteiger partial charge is 0.455 e. The topological polar surface area (TPSA) is 16.4 Å². The smallest absolute Gasteiger partial charge is 0.144 e. The van der Waals surface area contributed by atoms with E-state index in [1.807, 2.05) is 12.1 Å². The number of thiophene rings is 1. The summed E-state index contributed by atoms with van der Waals surface area (Å²) in [6.07, 6.45) is 0. The molecule has 0 saturated heterocycles. The molecule has 9 rings (SSSR count). The first kappa shape index (κ1) is 29.0. The first-order chi connectivity index (χ1) is 24.3. The predicted molar refractivity (Wildman–Crippen MR) is 208 cm³/mol. The van der Waals surface area contributed by atoms with Crippen LogP contribution >= 0.6 is 11.3 Å². The molecular formula is C46H31NOS. The van der Waals surface area contributed by atoms with Crippen LogP contribution in [0.1, 0.15) is 0 Å². The summed E-state index contributed by atoms with van der Waals surface area (Å²) in [6, 6.07) is 66.8. The third kappa shape index (κ3) is 5.50. The molecule has 0 N–H and O–H groups in total. The Morgan fingerprint density at radius 1 is 0.347 bits per heavy atom. The first-order valence-electron chi connectivity index (χ1n) is 16.5. The Balaban J connectivity index is 1.06. The van der Waals surface area contributed by atoms with E-state index in [0.29, 0.717) is 0 Å². The molecule has 0 aliphatic heterocycles. The maximum absolute atomic E-state index is 6.35. The van der Waals surface area contributed by atoms with Gasteiger partial charge in [0.1, 0.15) is 11.2 Å². The van der Waals surface area contributed by atoms with Gasteiger partial charge in [-0.2, -0.15) is 0 Å². The van der Waals surface area contributed by atoms with Gasteiger partial charge in [0, 0.05) is 43.2 Å². The van der Waals surface area contributed by atoms with Crippen LogP contribution in [0.4, 0.5) is 17.1 Å². The number of anilines is 3. The number of furan rings is 1. The summed E-state index contributed by atoms with van der Waals surface area (Å²) in [4.78, 5) is 4.75.